The Balaban J connectivity index is 2.04. The van der Waals surface area contributed by atoms with Crippen LogP contribution in [0.4, 0.5) is 4.79 Å². The summed E-state index contributed by atoms with van der Waals surface area (Å²) in [5.41, 5.74) is 0. The number of amides is 1. The number of hydrogen-bond donors (Lipinski definition) is 1. The topological polar surface area (TPSA) is 43.8 Å². The zero-order valence-corrected chi connectivity index (χ0v) is 15.4. The lowest BCUT2D eigenvalue weighted by molar-refractivity contribution is 0.121. The van der Waals surface area contributed by atoms with E-state index in [9.17, 15) is 4.79 Å². The Morgan fingerprint density at radius 1 is 1.14 bits per heavy atom. The Morgan fingerprint density at radius 2 is 1.82 bits per heavy atom. The van der Waals surface area contributed by atoms with Gasteiger partial charge < -0.3 is 14.9 Å². The maximum absolute atomic E-state index is 11.0. The molecule has 1 saturated carbocycles. The molecule has 0 saturated heterocycles. The van der Waals surface area contributed by atoms with E-state index in [4.69, 9.17) is 5.11 Å². The molecule has 1 N–H and O–H groups in total. The molecule has 0 unspecified atom stereocenters. The van der Waals surface area contributed by atoms with Crippen LogP contribution in [0.25, 0.3) is 0 Å². The van der Waals surface area contributed by atoms with Crippen LogP contribution in [-0.4, -0.2) is 65.7 Å². The van der Waals surface area contributed by atoms with Crippen LogP contribution >= 0.6 is 11.8 Å². The smallest absolute Gasteiger partial charge is 0.407 e. The molecule has 1 aliphatic carbocycles. The molecule has 22 heavy (non-hydrogen) atoms. The van der Waals surface area contributed by atoms with Gasteiger partial charge in [0, 0.05) is 25.4 Å². The predicted octanol–water partition coefficient (Wildman–Crippen LogP) is 4.01. The van der Waals surface area contributed by atoms with Gasteiger partial charge in [0.05, 0.1) is 0 Å². The van der Waals surface area contributed by atoms with Crippen molar-refractivity contribution in [2.24, 2.45) is 5.92 Å². The fourth-order valence-electron chi connectivity index (χ4n) is 3.07. The van der Waals surface area contributed by atoms with Crippen LogP contribution in [0.5, 0.6) is 0 Å². The van der Waals surface area contributed by atoms with E-state index in [1.807, 2.05) is 0 Å². The second-order valence-corrected chi connectivity index (χ2v) is 7.80. The zero-order valence-electron chi connectivity index (χ0n) is 14.6. The highest BCUT2D eigenvalue weighted by Gasteiger charge is 2.26. The zero-order chi connectivity index (χ0) is 16.4. The van der Waals surface area contributed by atoms with E-state index in [0.29, 0.717) is 0 Å². The summed E-state index contributed by atoms with van der Waals surface area (Å²) in [6, 6.07) is 0.239. The van der Waals surface area contributed by atoms with Gasteiger partial charge in [0.1, 0.15) is 0 Å². The summed E-state index contributed by atoms with van der Waals surface area (Å²) in [6.07, 6.45) is 7.59. The van der Waals surface area contributed by atoms with Crippen molar-refractivity contribution < 1.29 is 9.90 Å². The van der Waals surface area contributed by atoms with Crippen molar-refractivity contribution in [3.05, 3.63) is 0 Å². The van der Waals surface area contributed by atoms with Crippen molar-refractivity contribution >= 4 is 17.9 Å². The van der Waals surface area contributed by atoms with Gasteiger partial charge in [0.15, 0.2) is 0 Å². The third-order valence-electron chi connectivity index (χ3n) is 4.78. The molecule has 0 spiro atoms. The molecule has 1 rings (SSSR count). The van der Waals surface area contributed by atoms with Crippen molar-refractivity contribution in [2.45, 2.75) is 57.9 Å². The highest BCUT2D eigenvalue weighted by atomic mass is 32.2. The van der Waals surface area contributed by atoms with Gasteiger partial charge in [0.2, 0.25) is 0 Å². The van der Waals surface area contributed by atoms with Gasteiger partial charge in [-0.1, -0.05) is 19.8 Å². The number of unbranched alkanes of at least 4 members (excludes halogenated alkanes) is 2. The van der Waals surface area contributed by atoms with E-state index in [1.165, 1.54) is 61.6 Å². The number of thioether (sulfide) groups is 1. The minimum atomic E-state index is -0.788. The quantitative estimate of drug-likeness (QED) is 0.615. The van der Waals surface area contributed by atoms with E-state index in [0.717, 1.165) is 18.8 Å². The third-order valence-corrected chi connectivity index (χ3v) is 5.96. The lowest BCUT2D eigenvalue weighted by atomic mass is 9.87. The largest absolute Gasteiger partial charge is 0.465 e. The molecule has 0 radical (unpaired) electrons. The van der Waals surface area contributed by atoms with Gasteiger partial charge in [-0.2, -0.15) is 11.8 Å². The fourth-order valence-corrected chi connectivity index (χ4v) is 4.34. The Morgan fingerprint density at radius 3 is 2.41 bits per heavy atom. The van der Waals surface area contributed by atoms with Crippen LogP contribution in [-0.2, 0) is 0 Å². The molecule has 0 aromatic heterocycles. The van der Waals surface area contributed by atoms with Crippen molar-refractivity contribution in [1.82, 2.24) is 9.80 Å². The van der Waals surface area contributed by atoms with E-state index in [2.05, 4.69) is 30.6 Å². The molecule has 0 aliphatic heterocycles. The molecule has 5 heteroatoms. The van der Waals surface area contributed by atoms with Gasteiger partial charge in [-0.3, -0.25) is 0 Å². The van der Waals surface area contributed by atoms with Crippen molar-refractivity contribution in [3.8, 4) is 0 Å². The average Bonchev–Trinajstić information content (AvgIpc) is 2.51. The molecule has 1 aliphatic rings. The molecule has 0 atom stereocenters. The normalized spacial score (nSPS) is 22.0. The second kappa shape index (κ2) is 11.2. The molecular formula is C17H34N2O2S. The first-order valence-electron chi connectivity index (χ1n) is 8.76. The van der Waals surface area contributed by atoms with Gasteiger partial charge in [-0.25, -0.2) is 4.79 Å². The molecule has 0 aromatic carbocycles. The Hall–Kier alpha value is -0.420. The number of carbonyl (C=O) groups is 1. The molecule has 1 fully saturated rings. The number of carboxylic acid groups (broad SMARTS) is 1. The molecule has 0 bridgehead atoms. The third kappa shape index (κ3) is 7.73. The summed E-state index contributed by atoms with van der Waals surface area (Å²) in [5.74, 6) is 3.25. The first-order valence-corrected chi connectivity index (χ1v) is 9.92. The van der Waals surface area contributed by atoms with Crippen molar-refractivity contribution in [2.75, 3.05) is 38.7 Å². The monoisotopic (exact) mass is 330 g/mol. The number of nitrogens with zero attached hydrogens (tertiary/aromatic N) is 2. The molecule has 130 valence electrons. The maximum Gasteiger partial charge on any atom is 0.407 e. The van der Waals surface area contributed by atoms with Crippen molar-refractivity contribution in [1.29, 1.82) is 0 Å². The lowest BCUT2D eigenvalue weighted by Crippen LogP contribution is -2.38. The van der Waals surface area contributed by atoms with Crippen LogP contribution in [0.15, 0.2) is 0 Å². The number of rotatable bonds is 10. The summed E-state index contributed by atoms with van der Waals surface area (Å²) in [4.78, 5) is 14.9. The van der Waals surface area contributed by atoms with Crippen LogP contribution in [0, 0.1) is 5.92 Å². The molecule has 0 aromatic rings. The van der Waals surface area contributed by atoms with Gasteiger partial charge in [-0.05, 0) is 57.4 Å². The van der Waals surface area contributed by atoms with E-state index >= 15 is 0 Å². The highest BCUT2D eigenvalue weighted by molar-refractivity contribution is 7.99. The van der Waals surface area contributed by atoms with Crippen molar-refractivity contribution in [3.63, 3.8) is 0 Å². The SMILES string of the molecule is CCCCCN(C)CCSC[C@H]1CC[C@H](N(C)C(=O)O)CC1. The van der Waals surface area contributed by atoms with Crippen LogP contribution in [0.3, 0.4) is 0 Å². The Kier molecular flexibility index (Phi) is 9.96. The van der Waals surface area contributed by atoms with Crippen LogP contribution in [0.2, 0.25) is 0 Å². The lowest BCUT2D eigenvalue weighted by Gasteiger charge is -2.33. The number of hydrogen-bond acceptors (Lipinski definition) is 3. The summed E-state index contributed by atoms with van der Waals surface area (Å²) < 4.78 is 0. The minimum absolute atomic E-state index is 0.239. The Bertz CT molecular complexity index is 307. The second-order valence-electron chi connectivity index (χ2n) is 6.65. The summed E-state index contributed by atoms with van der Waals surface area (Å²) in [7, 11) is 3.93. The first kappa shape index (κ1) is 19.6. The maximum atomic E-state index is 11.0. The van der Waals surface area contributed by atoms with E-state index in [-0.39, 0.29) is 6.04 Å². The highest BCUT2D eigenvalue weighted by Crippen LogP contribution is 2.29. The van der Waals surface area contributed by atoms with Crippen LogP contribution < -0.4 is 0 Å². The van der Waals surface area contributed by atoms with E-state index in [1.54, 1.807) is 7.05 Å². The minimum Gasteiger partial charge on any atom is -0.465 e. The first-order chi connectivity index (χ1) is 10.5. The van der Waals surface area contributed by atoms with Gasteiger partial charge in [-0.15, -0.1) is 0 Å². The predicted molar refractivity (Wildman–Crippen MR) is 95.9 cm³/mol. The molecular weight excluding hydrogens is 296 g/mol. The van der Waals surface area contributed by atoms with Gasteiger partial charge >= 0.3 is 6.09 Å². The standard InChI is InChI=1S/C17H34N2O2S/c1-4-5-6-11-18(2)12-13-22-14-15-7-9-16(10-8-15)19(3)17(20)21/h15-16H,4-14H2,1-3H3,(H,20,21)/t15-,16-. The Labute approximate surface area is 140 Å². The molecule has 0 heterocycles. The summed E-state index contributed by atoms with van der Waals surface area (Å²) in [5, 5.41) is 9.02. The summed E-state index contributed by atoms with van der Waals surface area (Å²) in [6.45, 7) is 4.66. The van der Waals surface area contributed by atoms with E-state index < -0.39 is 6.09 Å². The fraction of sp³-hybridized carbons (Fsp3) is 0.941. The molecule has 4 nitrogen and oxygen atoms in total. The summed E-state index contributed by atoms with van der Waals surface area (Å²) >= 11 is 2.07. The van der Waals surface area contributed by atoms with Crippen LogP contribution in [0.1, 0.15) is 51.9 Å². The van der Waals surface area contributed by atoms with Gasteiger partial charge in [0.25, 0.3) is 0 Å². The molecule has 1 amide bonds. The average molecular weight is 331 g/mol.